The van der Waals surface area contributed by atoms with Crippen molar-refractivity contribution >= 4 is 38.9 Å². The maximum atomic E-state index is 12.7. The molecule has 0 fully saturated rings. The van der Waals surface area contributed by atoms with Crippen LogP contribution in [0.4, 0.5) is 0 Å². The van der Waals surface area contributed by atoms with Crippen molar-refractivity contribution in [1.82, 2.24) is 0 Å². The van der Waals surface area contributed by atoms with Crippen molar-refractivity contribution < 1.29 is 14.4 Å². The number of rotatable bonds is 7. The molecule has 0 unspecified atom stereocenters. The van der Waals surface area contributed by atoms with Gasteiger partial charge in [-0.1, -0.05) is 84.9 Å². The summed E-state index contributed by atoms with van der Waals surface area (Å²) in [7, 11) is 0. The van der Waals surface area contributed by atoms with E-state index in [0.717, 1.165) is 27.1 Å². The molecule has 0 saturated carbocycles. The van der Waals surface area contributed by atoms with E-state index in [0.29, 0.717) is 5.56 Å². The predicted molar refractivity (Wildman–Crippen MR) is 115 cm³/mol. The zero-order valence-electron chi connectivity index (χ0n) is 15.9. The third-order valence-corrected chi connectivity index (χ3v) is 5.11. The van der Waals surface area contributed by atoms with Crippen LogP contribution in [0.25, 0.3) is 21.5 Å². The Labute approximate surface area is 169 Å². The van der Waals surface area contributed by atoms with Crippen molar-refractivity contribution in [3.63, 3.8) is 0 Å². The van der Waals surface area contributed by atoms with Gasteiger partial charge in [0, 0.05) is 12.0 Å². The highest BCUT2D eigenvalue weighted by molar-refractivity contribution is 6.17. The number of hydrogen-bond acceptors (Lipinski definition) is 3. The Morgan fingerprint density at radius 1 is 0.552 bits per heavy atom. The van der Waals surface area contributed by atoms with Crippen molar-refractivity contribution in [1.29, 1.82) is 0 Å². The van der Waals surface area contributed by atoms with Crippen molar-refractivity contribution in [2.75, 3.05) is 0 Å². The number of carbonyl (C=O) groups excluding carboxylic acids is 3. The van der Waals surface area contributed by atoms with Crippen LogP contribution in [0, 0.1) is 0 Å². The minimum absolute atomic E-state index is 0.169. The van der Waals surface area contributed by atoms with Gasteiger partial charge in [-0.2, -0.15) is 0 Å². The molecule has 0 spiro atoms. The average Bonchev–Trinajstić information content (AvgIpc) is 2.73. The summed E-state index contributed by atoms with van der Waals surface area (Å²) < 4.78 is 0. The fraction of sp³-hybridized carbons (Fsp3) is 0.115. The molecule has 3 nitrogen and oxygen atoms in total. The van der Waals surface area contributed by atoms with Gasteiger partial charge in [0.05, 0.1) is 12.8 Å². The molecule has 0 N–H and O–H groups in total. The summed E-state index contributed by atoms with van der Waals surface area (Å²) in [4.78, 5) is 37.5. The van der Waals surface area contributed by atoms with Crippen LogP contribution in [-0.2, 0) is 16.0 Å². The summed E-state index contributed by atoms with van der Waals surface area (Å²) in [6, 6.07) is 26.7. The van der Waals surface area contributed by atoms with Crippen LogP contribution >= 0.6 is 0 Å². The first-order valence-electron chi connectivity index (χ1n) is 9.63. The molecule has 4 rings (SSSR count). The number of carbonyl (C=O) groups is 3. The van der Waals surface area contributed by atoms with E-state index in [-0.39, 0.29) is 36.6 Å². The number of benzene rings is 4. The second-order valence-electron chi connectivity index (χ2n) is 7.20. The van der Waals surface area contributed by atoms with Gasteiger partial charge in [0.2, 0.25) is 0 Å². The lowest BCUT2D eigenvalue weighted by molar-refractivity contribution is -0.126. The smallest absolute Gasteiger partial charge is 0.170 e. The normalized spacial score (nSPS) is 10.9. The summed E-state index contributed by atoms with van der Waals surface area (Å²) in [6.45, 7) is 0. The second kappa shape index (κ2) is 8.19. The van der Waals surface area contributed by atoms with Crippen molar-refractivity contribution in [2.45, 2.75) is 19.3 Å². The molecular formula is C26H20O3. The Morgan fingerprint density at radius 2 is 1.14 bits per heavy atom. The lowest BCUT2D eigenvalue weighted by atomic mass is 9.95. The molecule has 4 aromatic rings. The minimum atomic E-state index is -0.340. The molecule has 4 aromatic carbocycles. The Bertz CT molecular complexity index is 1230. The van der Waals surface area contributed by atoms with Gasteiger partial charge in [0.25, 0.3) is 0 Å². The molecule has 29 heavy (non-hydrogen) atoms. The largest absolute Gasteiger partial charge is 0.299 e. The molecule has 0 saturated heterocycles. The molecular weight excluding hydrogens is 360 g/mol. The van der Waals surface area contributed by atoms with Crippen LogP contribution in [0.3, 0.4) is 0 Å². The fourth-order valence-corrected chi connectivity index (χ4v) is 3.75. The summed E-state index contributed by atoms with van der Waals surface area (Å²) >= 11 is 0. The molecule has 3 heteroatoms. The van der Waals surface area contributed by atoms with Crippen molar-refractivity contribution in [2.24, 2.45) is 0 Å². The fourth-order valence-electron chi connectivity index (χ4n) is 3.75. The van der Waals surface area contributed by atoms with E-state index in [1.807, 2.05) is 78.9 Å². The zero-order chi connectivity index (χ0) is 20.2. The van der Waals surface area contributed by atoms with E-state index < -0.39 is 0 Å². The van der Waals surface area contributed by atoms with Crippen LogP contribution in [-0.4, -0.2) is 17.3 Å². The Morgan fingerprint density at radius 3 is 1.90 bits per heavy atom. The number of fused-ring (bicyclic) bond motifs is 2. The quantitative estimate of drug-likeness (QED) is 0.321. The lowest BCUT2D eigenvalue weighted by Gasteiger charge is -2.07. The van der Waals surface area contributed by atoms with Gasteiger partial charge < -0.3 is 0 Å². The molecule has 0 heterocycles. The third kappa shape index (κ3) is 4.14. The van der Waals surface area contributed by atoms with Gasteiger partial charge in [0.1, 0.15) is 11.6 Å². The monoisotopic (exact) mass is 380 g/mol. The summed E-state index contributed by atoms with van der Waals surface area (Å²) in [5, 5.41) is 3.87. The standard InChI is InChI=1S/C26H20O3/c27-21(15-20-11-5-9-18-7-1-3-12-23(18)20)16-22(28)17-26(29)25-14-6-10-19-8-2-4-13-24(19)25/h1-14H,15-17H2. The summed E-state index contributed by atoms with van der Waals surface area (Å²) in [5.41, 5.74) is 1.43. The number of ketones is 3. The molecule has 0 aromatic heterocycles. The van der Waals surface area contributed by atoms with E-state index in [2.05, 4.69) is 0 Å². The van der Waals surface area contributed by atoms with Gasteiger partial charge in [-0.15, -0.1) is 0 Å². The third-order valence-electron chi connectivity index (χ3n) is 5.11. The molecule has 0 radical (unpaired) electrons. The number of hydrogen-bond donors (Lipinski definition) is 0. The van der Waals surface area contributed by atoms with Crippen LogP contribution in [0.1, 0.15) is 28.8 Å². The first-order valence-corrected chi connectivity index (χ1v) is 9.63. The first kappa shape index (κ1) is 18.8. The molecule has 0 aliphatic heterocycles. The van der Waals surface area contributed by atoms with Crippen LogP contribution in [0.2, 0.25) is 0 Å². The van der Waals surface area contributed by atoms with Crippen molar-refractivity contribution in [3.05, 3.63) is 96.1 Å². The Kier molecular flexibility index (Phi) is 5.30. The zero-order valence-corrected chi connectivity index (χ0v) is 15.9. The molecule has 142 valence electrons. The van der Waals surface area contributed by atoms with Gasteiger partial charge in [-0.3, -0.25) is 14.4 Å². The molecule has 0 bridgehead atoms. The molecule has 0 aliphatic rings. The lowest BCUT2D eigenvalue weighted by Crippen LogP contribution is -2.14. The highest BCUT2D eigenvalue weighted by Gasteiger charge is 2.17. The van der Waals surface area contributed by atoms with Crippen LogP contribution < -0.4 is 0 Å². The predicted octanol–water partition coefficient (Wildman–Crippen LogP) is 5.34. The van der Waals surface area contributed by atoms with E-state index in [4.69, 9.17) is 0 Å². The van der Waals surface area contributed by atoms with E-state index in [1.54, 1.807) is 6.07 Å². The highest BCUT2D eigenvalue weighted by atomic mass is 16.2. The number of Topliss-reactive ketones (excluding diaryl/α,β-unsaturated/α-hetero) is 3. The van der Waals surface area contributed by atoms with Crippen LogP contribution in [0.15, 0.2) is 84.9 Å². The Balaban J connectivity index is 1.44. The van der Waals surface area contributed by atoms with E-state index in [1.165, 1.54) is 0 Å². The SMILES string of the molecule is O=C(CC(=O)Cc1cccc2ccccc12)CC(=O)c1cccc2ccccc12. The maximum absolute atomic E-state index is 12.7. The van der Waals surface area contributed by atoms with Crippen molar-refractivity contribution in [3.8, 4) is 0 Å². The topological polar surface area (TPSA) is 51.2 Å². The van der Waals surface area contributed by atoms with Gasteiger partial charge >= 0.3 is 0 Å². The minimum Gasteiger partial charge on any atom is -0.299 e. The van der Waals surface area contributed by atoms with E-state index >= 15 is 0 Å². The highest BCUT2D eigenvalue weighted by Crippen LogP contribution is 2.21. The van der Waals surface area contributed by atoms with Gasteiger partial charge in [-0.25, -0.2) is 0 Å². The van der Waals surface area contributed by atoms with Gasteiger partial charge in [0.15, 0.2) is 5.78 Å². The van der Waals surface area contributed by atoms with Gasteiger partial charge in [-0.05, 0) is 27.1 Å². The molecule has 0 atom stereocenters. The summed E-state index contributed by atoms with van der Waals surface area (Å²) in [6.07, 6.45) is -0.287. The van der Waals surface area contributed by atoms with E-state index in [9.17, 15) is 14.4 Å². The molecule has 0 aliphatic carbocycles. The first-order chi connectivity index (χ1) is 14.1. The second-order valence-corrected chi connectivity index (χ2v) is 7.20. The summed E-state index contributed by atoms with van der Waals surface area (Å²) in [5.74, 6) is -0.755. The average molecular weight is 380 g/mol. The van der Waals surface area contributed by atoms with Crippen LogP contribution in [0.5, 0.6) is 0 Å². The molecule has 0 amide bonds. The Hall–Kier alpha value is -3.59. The maximum Gasteiger partial charge on any atom is 0.170 e.